The minimum absolute atomic E-state index is 0.0708. The number of carbonyl (C=O) groups is 1. The number of rotatable bonds is 4. The zero-order valence-corrected chi connectivity index (χ0v) is 17.6. The number of para-hydroxylation sites is 1. The van der Waals surface area contributed by atoms with Gasteiger partial charge in [0.05, 0.1) is 14.2 Å². The lowest BCUT2D eigenvalue weighted by molar-refractivity contribution is 0.0717. The number of amides is 1. The fourth-order valence-corrected chi connectivity index (χ4v) is 4.88. The molecule has 0 unspecified atom stereocenters. The first-order valence-electron chi connectivity index (χ1n) is 9.72. The molecular weight excluding hydrogens is 402 g/mol. The highest BCUT2D eigenvalue weighted by atomic mass is 32.1. The topological polar surface area (TPSA) is 68.0 Å². The van der Waals surface area contributed by atoms with Crippen LogP contribution >= 0.6 is 11.3 Å². The van der Waals surface area contributed by atoms with Crippen molar-refractivity contribution in [2.24, 2.45) is 0 Å². The van der Waals surface area contributed by atoms with Gasteiger partial charge in [-0.1, -0.05) is 29.5 Å². The summed E-state index contributed by atoms with van der Waals surface area (Å²) in [5.74, 6) is 1.83. The van der Waals surface area contributed by atoms with Gasteiger partial charge in [0.25, 0.3) is 5.91 Å². The van der Waals surface area contributed by atoms with Crippen LogP contribution in [0, 0.1) is 0 Å². The van der Waals surface area contributed by atoms with Crippen molar-refractivity contribution in [3.8, 4) is 11.5 Å². The summed E-state index contributed by atoms with van der Waals surface area (Å²) in [7, 11) is 3.30. The van der Waals surface area contributed by atoms with Crippen LogP contribution < -0.4 is 14.4 Å². The number of aromatic nitrogens is 1. The van der Waals surface area contributed by atoms with Gasteiger partial charge in [-0.3, -0.25) is 4.79 Å². The zero-order valence-electron chi connectivity index (χ0n) is 16.8. The Labute approximate surface area is 177 Å². The molecule has 1 amide bonds. The second-order valence-corrected chi connectivity index (χ2v) is 8.05. The molecule has 2 aromatic carbocycles. The quantitative estimate of drug-likeness (QED) is 0.494. The Morgan fingerprint density at radius 3 is 2.50 bits per heavy atom. The molecule has 0 atom stereocenters. The predicted molar refractivity (Wildman–Crippen MR) is 117 cm³/mol. The van der Waals surface area contributed by atoms with Crippen LogP contribution in [-0.4, -0.2) is 56.2 Å². The van der Waals surface area contributed by atoms with E-state index >= 15 is 0 Å². The molecule has 3 heterocycles. The van der Waals surface area contributed by atoms with E-state index in [1.807, 2.05) is 47.4 Å². The standard InChI is InChI=1S/C22H21N3O4S/c1-27-16-7-8-17(28-2)20-19(16)23-22(30-20)25-11-9-24(10-12-25)21(26)18-13-14-5-3-4-6-15(14)29-18/h3-8,13H,9-12H2,1-2H3. The van der Waals surface area contributed by atoms with Gasteiger partial charge in [0, 0.05) is 31.6 Å². The average molecular weight is 423 g/mol. The number of thiazole rings is 1. The van der Waals surface area contributed by atoms with Crippen LogP contribution in [0.5, 0.6) is 11.5 Å². The maximum Gasteiger partial charge on any atom is 0.289 e. The Morgan fingerprint density at radius 2 is 1.77 bits per heavy atom. The number of hydrogen-bond acceptors (Lipinski definition) is 7. The zero-order chi connectivity index (χ0) is 20.7. The largest absolute Gasteiger partial charge is 0.495 e. The van der Waals surface area contributed by atoms with Crippen molar-refractivity contribution in [1.82, 2.24) is 9.88 Å². The Hall–Kier alpha value is -3.26. The van der Waals surface area contributed by atoms with Gasteiger partial charge in [-0.2, -0.15) is 0 Å². The van der Waals surface area contributed by atoms with E-state index in [2.05, 4.69) is 4.90 Å². The molecule has 7 nitrogen and oxygen atoms in total. The van der Waals surface area contributed by atoms with E-state index in [1.54, 1.807) is 25.6 Å². The highest BCUT2D eigenvalue weighted by Gasteiger charge is 2.26. The third-order valence-corrected chi connectivity index (χ3v) is 6.50. The third kappa shape index (κ3) is 3.13. The lowest BCUT2D eigenvalue weighted by atomic mass is 10.2. The average Bonchev–Trinajstić information content (AvgIpc) is 3.43. The molecule has 5 rings (SSSR count). The van der Waals surface area contributed by atoms with Crippen LogP contribution in [0.25, 0.3) is 21.2 Å². The molecule has 1 aliphatic heterocycles. The summed E-state index contributed by atoms with van der Waals surface area (Å²) >= 11 is 1.58. The number of piperazine rings is 1. The van der Waals surface area contributed by atoms with Crippen molar-refractivity contribution >= 4 is 43.6 Å². The van der Waals surface area contributed by atoms with Crippen molar-refractivity contribution in [2.75, 3.05) is 45.3 Å². The van der Waals surface area contributed by atoms with Crippen molar-refractivity contribution in [3.63, 3.8) is 0 Å². The summed E-state index contributed by atoms with van der Waals surface area (Å²) in [5, 5.41) is 1.85. The molecule has 1 aliphatic rings. The molecule has 0 N–H and O–H groups in total. The fraction of sp³-hybridized carbons (Fsp3) is 0.273. The first-order chi connectivity index (χ1) is 14.7. The monoisotopic (exact) mass is 423 g/mol. The second kappa shape index (κ2) is 7.53. The van der Waals surface area contributed by atoms with Crippen LogP contribution in [0.2, 0.25) is 0 Å². The Morgan fingerprint density at radius 1 is 1.03 bits per heavy atom. The van der Waals surface area contributed by atoms with E-state index in [0.717, 1.165) is 37.8 Å². The Balaban J connectivity index is 1.33. The first kappa shape index (κ1) is 18.7. The summed E-state index contributed by atoms with van der Waals surface area (Å²) < 4.78 is 17.6. The third-order valence-electron chi connectivity index (χ3n) is 5.37. The van der Waals surface area contributed by atoms with Gasteiger partial charge in [-0.05, 0) is 24.3 Å². The number of methoxy groups -OCH3 is 2. The molecule has 4 aromatic rings. The maximum absolute atomic E-state index is 12.9. The van der Waals surface area contributed by atoms with E-state index in [9.17, 15) is 4.79 Å². The SMILES string of the molecule is COc1ccc(OC)c2sc(N3CCN(C(=O)c4cc5ccccc5o4)CC3)nc12. The molecular formula is C22H21N3O4S. The smallest absolute Gasteiger partial charge is 0.289 e. The minimum atomic E-state index is -0.0708. The number of benzene rings is 2. The number of nitrogens with zero attached hydrogens (tertiary/aromatic N) is 3. The highest BCUT2D eigenvalue weighted by Crippen LogP contribution is 2.40. The fourth-order valence-electron chi connectivity index (χ4n) is 3.75. The van der Waals surface area contributed by atoms with E-state index in [-0.39, 0.29) is 5.91 Å². The van der Waals surface area contributed by atoms with Gasteiger partial charge in [-0.15, -0.1) is 0 Å². The highest BCUT2D eigenvalue weighted by molar-refractivity contribution is 7.22. The normalized spacial score (nSPS) is 14.5. The van der Waals surface area contributed by atoms with Crippen LogP contribution in [0.3, 0.4) is 0 Å². The van der Waals surface area contributed by atoms with Crippen molar-refractivity contribution < 1.29 is 18.7 Å². The summed E-state index contributed by atoms with van der Waals surface area (Å²) in [4.78, 5) is 21.7. The number of fused-ring (bicyclic) bond motifs is 2. The summed E-state index contributed by atoms with van der Waals surface area (Å²) in [6, 6.07) is 13.2. The Bertz CT molecular complexity index is 1150. The number of carbonyl (C=O) groups excluding carboxylic acids is 1. The van der Waals surface area contributed by atoms with Crippen LogP contribution in [-0.2, 0) is 0 Å². The van der Waals surface area contributed by atoms with Gasteiger partial charge in [0.1, 0.15) is 27.3 Å². The van der Waals surface area contributed by atoms with Gasteiger partial charge in [0.15, 0.2) is 10.9 Å². The molecule has 8 heteroatoms. The van der Waals surface area contributed by atoms with Crippen LogP contribution in [0.1, 0.15) is 10.6 Å². The predicted octanol–water partition coefficient (Wildman–Crippen LogP) is 4.02. The van der Waals surface area contributed by atoms with E-state index < -0.39 is 0 Å². The van der Waals surface area contributed by atoms with Crippen molar-refractivity contribution in [1.29, 1.82) is 0 Å². The molecule has 0 aliphatic carbocycles. The van der Waals surface area contributed by atoms with E-state index in [1.165, 1.54) is 0 Å². The number of furan rings is 1. The molecule has 0 spiro atoms. The molecule has 2 aromatic heterocycles. The summed E-state index contributed by atoms with van der Waals surface area (Å²) in [5.41, 5.74) is 1.54. The van der Waals surface area contributed by atoms with Crippen LogP contribution in [0.4, 0.5) is 5.13 Å². The number of ether oxygens (including phenoxy) is 2. The number of hydrogen-bond donors (Lipinski definition) is 0. The van der Waals surface area contributed by atoms with Gasteiger partial charge in [-0.25, -0.2) is 4.98 Å². The molecule has 0 bridgehead atoms. The molecule has 1 fully saturated rings. The van der Waals surface area contributed by atoms with Crippen LogP contribution in [0.15, 0.2) is 46.9 Å². The van der Waals surface area contributed by atoms with E-state index in [0.29, 0.717) is 31.9 Å². The van der Waals surface area contributed by atoms with E-state index in [4.69, 9.17) is 18.9 Å². The van der Waals surface area contributed by atoms with Gasteiger partial charge in [0.2, 0.25) is 0 Å². The van der Waals surface area contributed by atoms with Crippen molar-refractivity contribution in [2.45, 2.75) is 0 Å². The minimum Gasteiger partial charge on any atom is -0.495 e. The maximum atomic E-state index is 12.9. The molecule has 154 valence electrons. The molecule has 1 saturated heterocycles. The molecule has 0 radical (unpaired) electrons. The lowest BCUT2D eigenvalue weighted by Crippen LogP contribution is -2.48. The molecule has 30 heavy (non-hydrogen) atoms. The Kier molecular flexibility index (Phi) is 4.71. The summed E-state index contributed by atoms with van der Waals surface area (Å²) in [6.07, 6.45) is 0. The van der Waals surface area contributed by atoms with Gasteiger partial charge >= 0.3 is 0 Å². The lowest BCUT2D eigenvalue weighted by Gasteiger charge is -2.34. The van der Waals surface area contributed by atoms with Gasteiger partial charge < -0.3 is 23.7 Å². The second-order valence-electron chi connectivity index (χ2n) is 7.07. The van der Waals surface area contributed by atoms with Crippen molar-refractivity contribution in [3.05, 3.63) is 48.2 Å². The first-order valence-corrected chi connectivity index (χ1v) is 10.5. The summed E-state index contributed by atoms with van der Waals surface area (Å²) in [6.45, 7) is 2.63. The molecule has 0 saturated carbocycles. The number of anilines is 1.